The fraction of sp³-hybridized carbons (Fsp3) is 0.0952. The summed E-state index contributed by atoms with van der Waals surface area (Å²) in [5.74, 6) is -0.0731. The second-order valence-corrected chi connectivity index (χ2v) is 5.88. The van der Waals surface area contributed by atoms with Crippen LogP contribution in [-0.4, -0.2) is 21.1 Å². The number of carbonyl (C=O) groups excluding carboxylic acids is 1. The molecule has 1 aromatic carbocycles. The predicted octanol–water partition coefficient (Wildman–Crippen LogP) is 3.81. The minimum Gasteiger partial charge on any atom is -0.288 e. The quantitative estimate of drug-likeness (QED) is 0.641. The Hall–Kier alpha value is -3.31. The smallest absolute Gasteiger partial charge is 0.277 e. The molecule has 2 N–H and O–H groups in total. The Kier molecular flexibility index (Phi) is 5.51. The van der Waals surface area contributed by atoms with Crippen LogP contribution in [0.2, 0.25) is 0 Å². The van der Waals surface area contributed by atoms with Gasteiger partial charge in [0.15, 0.2) is 0 Å². The second kappa shape index (κ2) is 8.18. The summed E-state index contributed by atoms with van der Waals surface area (Å²) in [5, 5.41) is 8.73. The normalized spacial score (nSPS) is 19.1. The number of nitrogens with one attached hydrogen (secondary N) is 1. The lowest BCUT2D eigenvalue weighted by molar-refractivity contribution is 0.0705. The van der Waals surface area contributed by atoms with Gasteiger partial charge in [-0.2, -0.15) is 0 Å². The average molecular weight is 345 g/mol. The number of hydrogen-bond acceptors (Lipinski definition) is 4. The average Bonchev–Trinajstić information content (AvgIpc) is 2.72. The summed E-state index contributed by atoms with van der Waals surface area (Å²) in [6.45, 7) is 4.01. The Balaban J connectivity index is 2.04. The number of allylic oxidation sites excluding steroid dienone is 6. The van der Waals surface area contributed by atoms with Crippen molar-refractivity contribution in [2.24, 2.45) is 0 Å². The van der Waals surface area contributed by atoms with E-state index in [1.165, 1.54) is 12.4 Å². The third-order valence-corrected chi connectivity index (χ3v) is 4.12. The Bertz CT molecular complexity index is 896. The molecule has 5 nitrogen and oxygen atoms in total. The minimum atomic E-state index is -0.633. The van der Waals surface area contributed by atoms with Crippen LogP contribution in [0.4, 0.5) is 0 Å². The van der Waals surface area contributed by atoms with Crippen molar-refractivity contribution in [1.29, 1.82) is 0 Å². The summed E-state index contributed by atoms with van der Waals surface area (Å²) in [4.78, 5) is 20.2. The van der Waals surface area contributed by atoms with Crippen molar-refractivity contribution in [3.05, 3.63) is 102 Å². The fourth-order valence-electron chi connectivity index (χ4n) is 2.78. The van der Waals surface area contributed by atoms with E-state index in [2.05, 4.69) is 28.7 Å². The standard InChI is InChI=1S/C21H19N3O2/c1-15-7-3-2-4-10-19(18-9-6-5-8-16(18)12-11-15)20-22-13-17(14-23-20)21(25)24-26/h2-9,11-14,19,26H,1,10H2,(H,24,25)/b4-2-,7-3-,12-11?. The number of aromatic nitrogens is 2. The van der Waals surface area contributed by atoms with E-state index in [0.717, 1.165) is 16.7 Å². The van der Waals surface area contributed by atoms with Gasteiger partial charge in [-0.25, -0.2) is 15.4 Å². The van der Waals surface area contributed by atoms with Crippen LogP contribution in [0.5, 0.6) is 0 Å². The van der Waals surface area contributed by atoms with Crippen LogP contribution in [0.3, 0.4) is 0 Å². The van der Waals surface area contributed by atoms with Gasteiger partial charge < -0.3 is 0 Å². The van der Waals surface area contributed by atoms with E-state index in [9.17, 15) is 4.79 Å². The third-order valence-electron chi connectivity index (χ3n) is 4.12. The van der Waals surface area contributed by atoms with Crippen LogP contribution in [0.25, 0.3) is 6.08 Å². The Labute approximate surface area is 152 Å². The number of nitrogens with zero attached hydrogens (tertiary/aromatic N) is 2. The van der Waals surface area contributed by atoms with E-state index in [4.69, 9.17) is 5.21 Å². The summed E-state index contributed by atoms with van der Waals surface area (Å²) in [5.41, 5.74) is 4.88. The van der Waals surface area contributed by atoms with Crippen LogP contribution in [-0.2, 0) is 0 Å². The minimum absolute atomic E-state index is 0.0573. The van der Waals surface area contributed by atoms with Gasteiger partial charge in [-0.15, -0.1) is 0 Å². The highest BCUT2D eigenvalue weighted by Crippen LogP contribution is 2.30. The van der Waals surface area contributed by atoms with Crippen LogP contribution in [0, 0.1) is 0 Å². The molecular weight excluding hydrogens is 326 g/mol. The summed E-state index contributed by atoms with van der Waals surface area (Å²) in [6.07, 6.45) is 15.5. The molecule has 130 valence electrons. The molecule has 0 saturated carbocycles. The maximum absolute atomic E-state index is 11.5. The van der Waals surface area contributed by atoms with Gasteiger partial charge in [-0.05, 0) is 23.1 Å². The van der Waals surface area contributed by atoms with E-state index >= 15 is 0 Å². The summed E-state index contributed by atoms with van der Waals surface area (Å²) >= 11 is 0. The molecule has 1 aromatic heterocycles. The number of fused-ring (bicyclic) bond motifs is 1. The highest BCUT2D eigenvalue weighted by Gasteiger charge is 2.19. The molecule has 1 unspecified atom stereocenters. The summed E-state index contributed by atoms with van der Waals surface area (Å²) in [7, 11) is 0. The maximum Gasteiger partial charge on any atom is 0.277 e. The Morgan fingerprint density at radius 2 is 1.88 bits per heavy atom. The number of benzene rings is 1. The number of hydrogen-bond donors (Lipinski definition) is 2. The lowest BCUT2D eigenvalue weighted by atomic mass is 9.90. The second-order valence-electron chi connectivity index (χ2n) is 5.88. The summed E-state index contributed by atoms with van der Waals surface area (Å²) < 4.78 is 0. The first-order chi connectivity index (χ1) is 12.7. The molecule has 0 aliphatic heterocycles. The first-order valence-electron chi connectivity index (χ1n) is 8.24. The van der Waals surface area contributed by atoms with E-state index < -0.39 is 5.91 Å². The zero-order chi connectivity index (χ0) is 18.4. The van der Waals surface area contributed by atoms with Gasteiger partial charge >= 0.3 is 0 Å². The molecule has 0 spiro atoms. The number of amides is 1. The maximum atomic E-state index is 11.5. The van der Waals surface area contributed by atoms with Gasteiger partial charge in [0.2, 0.25) is 0 Å². The molecule has 1 atom stereocenters. The van der Waals surface area contributed by atoms with Crippen LogP contribution in [0.1, 0.15) is 39.6 Å². The highest BCUT2D eigenvalue weighted by atomic mass is 16.5. The zero-order valence-corrected chi connectivity index (χ0v) is 14.2. The SMILES string of the molecule is C=C1C=Cc2ccccc2C(c2ncc(C(=O)NO)cn2)C/C=C\C=C/1. The van der Waals surface area contributed by atoms with Crippen molar-refractivity contribution in [3.8, 4) is 0 Å². The number of carbonyl (C=O) groups is 1. The van der Waals surface area contributed by atoms with Crippen molar-refractivity contribution in [2.75, 3.05) is 0 Å². The molecule has 0 saturated heterocycles. The van der Waals surface area contributed by atoms with E-state index in [1.807, 2.05) is 48.6 Å². The molecule has 0 radical (unpaired) electrons. The van der Waals surface area contributed by atoms with Crippen molar-refractivity contribution in [1.82, 2.24) is 15.4 Å². The fourth-order valence-corrected chi connectivity index (χ4v) is 2.78. The lowest BCUT2D eigenvalue weighted by Gasteiger charge is -2.17. The molecule has 0 fully saturated rings. The third kappa shape index (κ3) is 4.02. The molecule has 3 rings (SSSR count). The van der Waals surface area contributed by atoms with Crippen molar-refractivity contribution >= 4 is 12.0 Å². The van der Waals surface area contributed by atoms with Gasteiger partial charge in [0.05, 0.1) is 5.56 Å². The van der Waals surface area contributed by atoms with Gasteiger partial charge in [0.25, 0.3) is 5.91 Å². The number of rotatable bonds is 2. The molecule has 1 aliphatic rings. The monoisotopic (exact) mass is 345 g/mol. The predicted molar refractivity (Wildman–Crippen MR) is 101 cm³/mol. The van der Waals surface area contributed by atoms with Crippen molar-refractivity contribution in [3.63, 3.8) is 0 Å². The molecule has 0 bridgehead atoms. The summed E-state index contributed by atoms with van der Waals surface area (Å²) in [6, 6.07) is 8.09. The van der Waals surface area contributed by atoms with Crippen LogP contribution >= 0.6 is 0 Å². The van der Waals surface area contributed by atoms with Crippen molar-refractivity contribution in [2.45, 2.75) is 12.3 Å². The van der Waals surface area contributed by atoms with Gasteiger partial charge in [0, 0.05) is 18.3 Å². The molecular formula is C21H19N3O2. The van der Waals surface area contributed by atoms with Gasteiger partial charge in [-0.1, -0.05) is 67.3 Å². The first-order valence-corrected chi connectivity index (χ1v) is 8.24. The molecule has 5 heteroatoms. The molecule has 1 heterocycles. The van der Waals surface area contributed by atoms with Crippen LogP contribution < -0.4 is 5.48 Å². The lowest BCUT2D eigenvalue weighted by Crippen LogP contribution is -2.19. The number of hydroxylamine groups is 1. The van der Waals surface area contributed by atoms with Gasteiger partial charge in [0.1, 0.15) is 5.82 Å². The van der Waals surface area contributed by atoms with Gasteiger partial charge in [-0.3, -0.25) is 10.0 Å². The highest BCUT2D eigenvalue weighted by molar-refractivity contribution is 5.92. The molecule has 1 amide bonds. The Morgan fingerprint density at radius 3 is 2.65 bits per heavy atom. The van der Waals surface area contributed by atoms with Crippen molar-refractivity contribution < 1.29 is 10.0 Å². The van der Waals surface area contributed by atoms with E-state index in [1.54, 1.807) is 5.48 Å². The van der Waals surface area contributed by atoms with E-state index in [0.29, 0.717) is 12.2 Å². The zero-order valence-electron chi connectivity index (χ0n) is 14.2. The molecule has 2 aromatic rings. The first kappa shape index (κ1) is 17.5. The van der Waals surface area contributed by atoms with Crippen LogP contribution in [0.15, 0.2) is 79.2 Å². The molecule has 1 aliphatic carbocycles. The molecule has 26 heavy (non-hydrogen) atoms. The topological polar surface area (TPSA) is 75.1 Å². The largest absolute Gasteiger partial charge is 0.288 e. The van der Waals surface area contributed by atoms with E-state index in [-0.39, 0.29) is 11.5 Å². The Morgan fingerprint density at radius 1 is 1.12 bits per heavy atom.